The number of amides is 1. The minimum absolute atomic E-state index is 0.172. The second-order valence-electron chi connectivity index (χ2n) is 3.04. The molecule has 6 heteroatoms. The fourth-order valence-electron chi connectivity index (χ4n) is 0.795. The van der Waals surface area contributed by atoms with Crippen LogP contribution in [0.1, 0.15) is 13.8 Å². The van der Waals surface area contributed by atoms with Gasteiger partial charge in [-0.05, 0) is 12.2 Å². The molecule has 1 unspecified atom stereocenters. The molecule has 0 rings (SSSR count). The fourth-order valence-corrected chi connectivity index (χ4v) is 1.02. The highest BCUT2D eigenvalue weighted by atomic mass is 32.2. The van der Waals surface area contributed by atoms with E-state index in [2.05, 4.69) is 10.1 Å². The Morgan fingerprint density at radius 2 is 2.07 bits per heavy atom. The summed E-state index contributed by atoms with van der Waals surface area (Å²) in [6, 6.07) is -0.899. The third kappa shape index (κ3) is 4.96. The lowest BCUT2D eigenvalue weighted by Gasteiger charge is -2.17. The normalized spacial score (nSPS) is 12.3. The van der Waals surface area contributed by atoms with Crippen molar-refractivity contribution in [3.63, 3.8) is 0 Å². The van der Waals surface area contributed by atoms with E-state index >= 15 is 0 Å². The van der Waals surface area contributed by atoms with Crippen LogP contribution in [0.3, 0.4) is 0 Å². The van der Waals surface area contributed by atoms with Gasteiger partial charge in [-0.1, -0.05) is 13.8 Å². The summed E-state index contributed by atoms with van der Waals surface area (Å²) in [4.78, 5) is 21.7. The number of aliphatic carboxylic acids is 1. The zero-order valence-corrected chi connectivity index (χ0v) is 9.26. The first-order valence-corrected chi connectivity index (χ1v) is 5.53. The maximum Gasteiger partial charge on any atom is 0.408 e. The second-order valence-corrected chi connectivity index (χ2v) is 3.86. The lowest BCUT2D eigenvalue weighted by atomic mass is 10.1. The van der Waals surface area contributed by atoms with Gasteiger partial charge in [0.15, 0.2) is 0 Å². The summed E-state index contributed by atoms with van der Waals surface area (Å²) >= 11 is 1.34. The molecular weight excluding hydrogens is 206 g/mol. The fraction of sp³-hybridized carbons (Fsp3) is 0.750. The van der Waals surface area contributed by atoms with Crippen LogP contribution in [0, 0.1) is 5.92 Å². The number of nitrogens with one attached hydrogen (secondary N) is 1. The number of hydrogen-bond donors (Lipinski definition) is 2. The topological polar surface area (TPSA) is 75.6 Å². The molecule has 2 N–H and O–H groups in total. The molecule has 0 aromatic heterocycles. The van der Waals surface area contributed by atoms with Crippen molar-refractivity contribution in [2.24, 2.45) is 5.92 Å². The Morgan fingerprint density at radius 3 is 2.43 bits per heavy atom. The lowest BCUT2D eigenvalue weighted by Crippen LogP contribution is -2.44. The number of carboxylic acids is 1. The third-order valence-corrected chi connectivity index (χ3v) is 1.87. The monoisotopic (exact) mass is 221 g/mol. The molecule has 5 nitrogen and oxygen atoms in total. The Hall–Kier alpha value is -0.910. The van der Waals surface area contributed by atoms with Crippen molar-refractivity contribution in [2.45, 2.75) is 19.9 Å². The summed E-state index contributed by atoms with van der Waals surface area (Å²) in [7, 11) is 0. The molecule has 1 amide bonds. The van der Waals surface area contributed by atoms with Crippen LogP contribution < -0.4 is 5.32 Å². The molecule has 0 aliphatic carbocycles. The van der Waals surface area contributed by atoms with Crippen molar-refractivity contribution in [3.05, 3.63) is 0 Å². The van der Waals surface area contributed by atoms with E-state index in [0.29, 0.717) is 0 Å². The van der Waals surface area contributed by atoms with Gasteiger partial charge in [-0.2, -0.15) is 0 Å². The van der Waals surface area contributed by atoms with Crippen molar-refractivity contribution in [3.8, 4) is 0 Å². The average Bonchev–Trinajstić information content (AvgIpc) is 2.09. The Bertz CT molecular complexity index is 208. The van der Waals surface area contributed by atoms with Crippen molar-refractivity contribution in [1.82, 2.24) is 5.32 Å². The van der Waals surface area contributed by atoms with Crippen molar-refractivity contribution in [2.75, 3.05) is 12.2 Å². The Kier molecular flexibility index (Phi) is 6.11. The summed E-state index contributed by atoms with van der Waals surface area (Å²) in [5.41, 5.74) is 0. The summed E-state index contributed by atoms with van der Waals surface area (Å²) in [5, 5.41) is 11.0. The van der Waals surface area contributed by atoms with Crippen LogP contribution in [0.15, 0.2) is 0 Å². The smallest absolute Gasteiger partial charge is 0.408 e. The summed E-state index contributed by atoms with van der Waals surface area (Å²) in [6.07, 6.45) is 1.09. The molecule has 0 fully saturated rings. The first kappa shape index (κ1) is 13.1. The minimum Gasteiger partial charge on any atom is -0.480 e. The molecule has 0 aliphatic rings. The second kappa shape index (κ2) is 6.53. The van der Waals surface area contributed by atoms with E-state index in [4.69, 9.17) is 5.11 Å². The number of alkyl carbamates (subject to hydrolysis) is 1. The van der Waals surface area contributed by atoms with Gasteiger partial charge in [0.25, 0.3) is 0 Å². The van der Waals surface area contributed by atoms with E-state index in [0.717, 1.165) is 0 Å². The molecule has 1 atom stereocenters. The van der Waals surface area contributed by atoms with Crippen LogP contribution in [-0.4, -0.2) is 35.4 Å². The van der Waals surface area contributed by atoms with Crippen LogP contribution in [0.25, 0.3) is 0 Å². The number of carbonyl (C=O) groups excluding carboxylic acids is 1. The van der Waals surface area contributed by atoms with Gasteiger partial charge in [0.2, 0.25) is 0 Å². The van der Waals surface area contributed by atoms with E-state index in [1.165, 1.54) is 11.8 Å². The molecule has 0 saturated heterocycles. The molecule has 0 aromatic carbocycles. The van der Waals surface area contributed by atoms with E-state index in [1.807, 2.05) is 0 Å². The number of carbonyl (C=O) groups is 2. The number of hydrogen-bond acceptors (Lipinski definition) is 4. The molecule has 0 heterocycles. The molecule has 82 valence electrons. The minimum atomic E-state index is -1.05. The molecule has 0 saturated carbocycles. The van der Waals surface area contributed by atoms with Crippen LogP contribution in [0.4, 0.5) is 4.79 Å². The summed E-state index contributed by atoms with van der Waals surface area (Å²) < 4.78 is 4.67. The van der Waals surface area contributed by atoms with Gasteiger partial charge >= 0.3 is 12.1 Å². The van der Waals surface area contributed by atoms with E-state index in [1.54, 1.807) is 20.1 Å². The van der Waals surface area contributed by atoms with Crippen molar-refractivity contribution >= 4 is 23.8 Å². The maximum absolute atomic E-state index is 11.0. The highest BCUT2D eigenvalue weighted by Crippen LogP contribution is 2.02. The summed E-state index contributed by atoms with van der Waals surface area (Å²) in [6.45, 7) is 3.43. The number of carboxylic acid groups (broad SMARTS) is 1. The van der Waals surface area contributed by atoms with Crippen LogP contribution in [-0.2, 0) is 9.53 Å². The lowest BCUT2D eigenvalue weighted by molar-refractivity contribution is -0.140. The van der Waals surface area contributed by atoms with Crippen LogP contribution >= 0.6 is 11.8 Å². The highest BCUT2D eigenvalue weighted by molar-refractivity contribution is 7.98. The molecule has 0 aliphatic heterocycles. The third-order valence-electron chi connectivity index (χ3n) is 1.51. The standard InChI is InChI=1S/C8H15NO4S/c1-5(2)6(7(10)11)9-8(12)13-4-14-3/h5-6H,4H2,1-3H3,(H,9,12)(H,10,11). The van der Waals surface area contributed by atoms with Crippen LogP contribution in [0.2, 0.25) is 0 Å². The van der Waals surface area contributed by atoms with Gasteiger partial charge in [-0.3, -0.25) is 0 Å². The van der Waals surface area contributed by atoms with Gasteiger partial charge < -0.3 is 15.2 Å². The molecular formula is C8H15NO4S. The Balaban J connectivity index is 4.04. The maximum atomic E-state index is 11.0. The average molecular weight is 221 g/mol. The Morgan fingerprint density at radius 1 is 1.50 bits per heavy atom. The van der Waals surface area contributed by atoms with Gasteiger partial charge in [-0.15, -0.1) is 11.8 Å². The van der Waals surface area contributed by atoms with E-state index < -0.39 is 18.1 Å². The number of rotatable bonds is 5. The zero-order chi connectivity index (χ0) is 11.1. The quantitative estimate of drug-likeness (QED) is 0.681. The van der Waals surface area contributed by atoms with Crippen molar-refractivity contribution < 1.29 is 19.4 Å². The molecule has 14 heavy (non-hydrogen) atoms. The van der Waals surface area contributed by atoms with E-state index in [-0.39, 0.29) is 11.9 Å². The molecule has 0 radical (unpaired) electrons. The predicted molar refractivity (Wildman–Crippen MR) is 54.3 cm³/mol. The predicted octanol–water partition coefficient (Wildman–Crippen LogP) is 1.14. The highest BCUT2D eigenvalue weighted by Gasteiger charge is 2.23. The molecule has 0 aromatic rings. The Labute approximate surface area is 87.2 Å². The molecule has 0 bridgehead atoms. The largest absolute Gasteiger partial charge is 0.480 e. The zero-order valence-electron chi connectivity index (χ0n) is 8.44. The van der Waals surface area contributed by atoms with Gasteiger partial charge in [0.05, 0.1) is 0 Å². The molecule has 0 spiro atoms. The first-order valence-electron chi connectivity index (χ1n) is 4.14. The number of thioether (sulfide) groups is 1. The van der Waals surface area contributed by atoms with Crippen molar-refractivity contribution in [1.29, 1.82) is 0 Å². The van der Waals surface area contributed by atoms with Crippen LogP contribution in [0.5, 0.6) is 0 Å². The van der Waals surface area contributed by atoms with E-state index in [9.17, 15) is 9.59 Å². The van der Waals surface area contributed by atoms with Gasteiger partial charge in [-0.25, -0.2) is 9.59 Å². The number of ether oxygens (including phenoxy) is 1. The first-order chi connectivity index (χ1) is 6.49. The SMILES string of the molecule is CSCOC(=O)NC(C(=O)O)C(C)C. The van der Waals surface area contributed by atoms with Gasteiger partial charge in [0, 0.05) is 0 Å². The van der Waals surface area contributed by atoms with Gasteiger partial charge in [0.1, 0.15) is 12.0 Å². The summed E-state index contributed by atoms with van der Waals surface area (Å²) in [5.74, 6) is -1.01.